The minimum absolute atomic E-state index is 0.165. The van der Waals surface area contributed by atoms with E-state index in [-0.39, 0.29) is 11.5 Å². The van der Waals surface area contributed by atoms with E-state index in [1.54, 1.807) is 4.68 Å². The summed E-state index contributed by atoms with van der Waals surface area (Å²) in [5.41, 5.74) is 8.91. The molecule has 0 fully saturated rings. The van der Waals surface area contributed by atoms with E-state index >= 15 is 0 Å². The third-order valence-corrected chi connectivity index (χ3v) is 4.15. The number of aromatic nitrogens is 2. The molecule has 1 heterocycles. The molecule has 0 spiro atoms. The molecule has 0 unspecified atom stereocenters. The lowest BCUT2D eigenvalue weighted by atomic mass is 10.1. The molecule has 0 radical (unpaired) electrons. The van der Waals surface area contributed by atoms with Gasteiger partial charge in [0.15, 0.2) is 0 Å². The monoisotopic (exact) mass is 323 g/mol. The maximum absolute atomic E-state index is 12.3. The van der Waals surface area contributed by atoms with Gasteiger partial charge in [0.05, 0.1) is 11.4 Å². The van der Waals surface area contributed by atoms with Crippen molar-refractivity contribution in [2.75, 3.05) is 5.73 Å². The van der Waals surface area contributed by atoms with E-state index < -0.39 is 0 Å². The van der Waals surface area contributed by atoms with Crippen molar-refractivity contribution in [3.8, 4) is 5.69 Å². The van der Waals surface area contributed by atoms with Crippen LogP contribution < -0.4 is 11.3 Å². The van der Waals surface area contributed by atoms with Gasteiger partial charge in [-0.1, -0.05) is 35.8 Å². The second kappa shape index (κ2) is 4.89. The highest BCUT2D eigenvalue weighted by Crippen LogP contribution is 2.23. The predicted molar refractivity (Wildman–Crippen MR) is 81.9 cm³/mol. The predicted octanol–water partition coefficient (Wildman–Crippen LogP) is 2.95. The summed E-state index contributed by atoms with van der Waals surface area (Å²) in [5, 5.41) is 0. The standard InChI is InChI=1S/C14H18BrN3O/c1-8(2)13-12(16)14(19)18(17(13)4)10-6-5-9(3)11(15)7-10/h5-8H,16H2,1-4H3. The molecule has 5 heteroatoms. The van der Waals surface area contributed by atoms with Gasteiger partial charge in [-0.15, -0.1) is 0 Å². The Balaban J connectivity index is 2.73. The fraction of sp³-hybridized carbons (Fsp3) is 0.357. The van der Waals surface area contributed by atoms with Gasteiger partial charge in [0, 0.05) is 11.5 Å². The molecule has 0 aliphatic carbocycles. The lowest BCUT2D eigenvalue weighted by Gasteiger charge is -2.12. The molecule has 0 aliphatic heterocycles. The van der Waals surface area contributed by atoms with Gasteiger partial charge in [-0.2, -0.15) is 0 Å². The van der Waals surface area contributed by atoms with Crippen LogP contribution in [0.5, 0.6) is 0 Å². The molecule has 1 aromatic heterocycles. The van der Waals surface area contributed by atoms with Crippen molar-refractivity contribution >= 4 is 21.6 Å². The molecule has 19 heavy (non-hydrogen) atoms. The van der Waals surface area contributed by atoms with Gasteiger partial charge in [0.25, 0.3) is 5.56 Å². The highest BCUT2D eigenvalue weighted by atomic mass is 79.9. The highest BCUT2D eigenvalue weighted by molar-refractivity contribution is 9.10. The van der Waals surface area contributed by atoms with Crippen LogP contribution in [0, 0.1) is 6.92 Å². The number of hydrogen-bond donors (Lipinski definition) is 1. The summed E-state index contributed by atoms with van der Waals surface area (Å²) in [5.74, 6) is 0.202. The fourth-order valence-electron chi connectivity index (χ4n) is 2.33. The van der Waals surface area contributed by atoms with Gasteiger partial charge >= 0.3 is 0 Å². The fourth-order valence-corrected chi connectivity index (χ4v) is 2.70. The summed E-state index contributed by atoms with van der Waals surface area (Å²) < 4.78 is 4.41. The zero-order chi connectivity index (χ0) is 14.3. The number of benzene rings is 1. The summed E-state index contributed by atoms with van der Waals surface area (Å²) in [6.07, 6.45) is 0. The number of anilines is 1. The maximum atomic E-state index is 12.3. The van der Waals surface area contributed by atoms with Crippen LogP contribution in [-0.2, 0) is 7.05 Å². The first-order valence-corrected chi connectivity index (χ1v) is 6.97. The summed E-state index contributed by atoms with van der Waals surface area (Å²) in [4.78, 5) is 12.3. The van der Waals surface area contributed by atoms with Crippen molar-refractivity contribution in [3.63, 3.8) is 0 Å². The first-order valence-electron chi connectivity index (χ1n) is 6.18. The molecule has 0 bridgehead atoms. The Bertz CT molecular complexity index is 683. The number of aryl methyl sites for hydroxylation is 1. The Hall–Kier alpha value is -1.49. The Morgan fingerprint density at radius 2 is 1.95 bits per heavy atom. The molecular formula is C14H18BrN3O. The summed E-state index contributed by atoms with van der Waals surface area (Å²) in [6, 6.07) is 5.83. The van der Waals surface area contributed by atoms with E-state index in [9.17, 15) is 4.79 Å². The van der Waals surface area contributed by atoms with E-state index in [0.29, 0.717) is 5.69 Å². The number of hydrogen-bond acceptors (Lipinski definition) is 2. The Kier molecular flexibility index (Phi) is 3.58. The Morgan fingerprint density at radius 3 is 2.42 bits per heavy atom. The molecule has 2 N–H and O–H groups in total. The van der Waals surface area contributed by atoms with E-state index in [1.807, 2.05) is 50.7 Å². The van der Waals surface area contributed by atoms with Gasteiger partial charge < -0.3 is 5.73 Å². The smallest absolute Gasteiger partial charge is 0.294 e. The molecule has 2 rings (SSSR count). The van der Waals surface area contributed by atoms with Crippen molar-refractivity contribution < 1.29 is 0 Å². The average Bonchev–Trinajstić information content (AvgIpc) is 2.54. The number of nitrogen functional groups attached to an aromatic ring is 1. The van der Waals surface area contributed by atoms with Crippen molar-refractivity contribution in [2.45, 2.75) is 26.7 Å². The number of halogens is 1. The Morgan fingerprint density at radius 1 is 1.32 bits per heavy atom. The summed E-state index contributed by atoms with van der Waals surface area (Å²) in [6.45, 7) is 6.07. The zero-order valence-electron chi connectivity index (χ0n) is 11.6. The van der Waals surface area contributed by atoms with Crippen LogP contribution in [0.15, 0.2) is 27.5 Å². The van der Waals surface area contributed by atoms with Gasteiger partial charge in [0.2, 0.25) is 0 Å². The molecule has 0 saturated heterocycles. The van der Waals surface area contributed by atoms with Gasteiger partial charge in [0.1, 0.15) is 5.69 Å². The number of rotatable bonds is 2. The van der Waals surface area contributed by atoms with E-state index in [1.165, 1.54) is 0 Å². The summed E-state index contributed by atoms with van der Waals surface area (Å²) >= 11 is 3.49. The average molecular weight is 324 g/mol. The number of nitrogens with zero attached hydrogens (tertiary/aromatic N) is 2. The van der Waals surface area contributed by atoms with Crippen molar-refractivity contribution in [2.24, 2.45) is 7.05 Å². The third-order valence-electron chi connectivity index (χ3n) is 3.29. The lowest BCUT2D eigenvalue weighted by molar-refractivity contribution is 0.595. The van der Waals surface area contributed by atoms with Gasteiger partial charge in [-0.05, 0) is 30.5 Å². The molecule has 0 aliphatic rings. The topological polar surface area (TPSA) is 52.9 Å². The maximum Gasteiger partial charge on any atom is 0.294 e. The minimum atomic E-state index is -0.165. The molecule has 102 valence electrons. The zero-order valence-corrected chi connectivity index (χ0v) is 13.2. The SMILES string of the molecule is Cc1ccc(-n2c(=O)c(N)c(C(C)C)n2C)cc1Br. The van der Waals surface area contributed by atoms with Crippen LogP contribution in [0.2, 0.25) is 0 Å². The second-order valence-electron chi connectivity index (χ2n) is 5.03. The molecule has 0 saturated carbocycles. The molecular weight excluding hydrogens is 306 g/mol. The van der Waals surface area contributed by atoms with Crippen molar-refractivity contribution in [1.29, 1.82) is 0 Å². The van der Waals surface area contributed by atoms with E-state index in [2.05, 4.69) is 15.9 Å². The van der Waals surface area contributed by atoms with Crippen LogP contribution in [-0.4, -0.2) is 9.36 Å². The van der Waals surface area contributed by atoms with Crippen LogP contribution >= 0.6 is 15.9 Å². The van der Waals surface area contributed by atoms with E-state index in [4.69, 9.17) is 5.73 Å². The normalized spacial score (nSPS) is 11.3. The third kappa shape index (κ3) is 2.23. The molecule has 2 aromatic rings. The van der Waals surface area contributed by atoms with Crippen LogP contribution in [0.1, 0.15) is 31.0 Å². The summed E-state index contributed by atoms with van der Waals surface area (Å²) in [7, 11) is 1.86. The van der Waals surface area contributed by atoms with Crippen LogP contribution in [0.3, 0.4) is 0 Å². The van der Waals surface area contributed by atoms with Crippen LogP contribution in [0.25, 0.3) is 5.69 Å². The van der Waals surface area contributed by atoms with Crippen molar-refractivity contribution in [1.82, 2.24) is 9.36 Å². The minimum Gasteiger partial charge on any atom is -0.393 e. The first-order chi connectivity index (χ1) is 8.84. The quantitative estimate of drug-likeness (QED) is 0.923. The van der Waals surface area contributed by atoms with Crippen molar-refractivity contribution in [3.05, 3.63) is 44.3 Å². The lowest BCUT2D eigenvalue weighted by Crippen LogP contribution is -2.20. The molecule has 0 amide bonds. The largest absolute Gasteiger partial charge is 0.393 e. The first kappa shape index (κ1) is 13.9. The van der Waals surface area contributed by atoms with E-state index in [0.717, 1.165) is 21.4 Å². The molecule has 4 nitrogen and oxygen atoms in total. The second-order valence-corrected chi connectivity index (χ2v) is 5.88. The molecule has 0 atom stereocenters. The Labute approximate surface area is 120 Å². The van der Waals surface area contributed by atoms with Crippen LogP contribution in [0.4, 0.5) is 5.69 Å². The van der Waals surface area contributed by atoms with Gasteiger partial charge in [-0.3, -0.25) is 9.48 Å². The number of nitrogens with two attached hydrogens (primary N) is 1. The van der Waals surface area contributed by atoms with Gasteiger partial charge in [-0.25, -0.2) is 4.68 Å². The molecule has 1 aromatic carbocycles. The highest BCUT2D eigenvalue weighted by Gasteiger charge is 2.18.